The molecule has 3 heteroatoms. The van der Waals surface area contributed by atoms with Gasteiger partial charge in [-0.2, -0.15) is 0 Å². The van der Waals surface area contributed by atoms with E-state index in [1.807, 2.05) is 12.1 Å². The number of halogens is 1. The summed E-state index contributed by atoms with van der Waals surface area (Å²) in [6.07, 6.45) is 5.41. The Kier molecular flexibility index (Phi) is 4.24. The quantitative estimate of drug-likeness (QED) is 0.855. The number of rotatable bonds is 4. The van der Waals surface area contributed by atoms with Crippen LogP contribution in [0.3, 0.4) is 0 Å². The third-order valence-electron chi connectivity index (χ3n) is 3.08. The van der Waals surface area contributed by atoms with Crippen LogP contribution >= 0.6 is 15.9 Å². The molecule has 0 atom stereocenters. The molecule has 2 N–H and O–H groups in total. The van der Waals surface area contributed by atoms with Crippen LogP contribution in [0.25, 0.3) is 0 Å². The lowest BCUT2D eigenvalue weighted by atomic mass is 10.1. The van der Waals surface area contributed by atoms with Gasteiger partial charge >= 0.3 is 0 Å². The van der Waals surface area contributed by atoms with Crippen molar-refractivity contribution in [1.82, 2.24) is 0 Å². The summed E-state index contributed by atoms with van der Waals surface area (Å²) in [7, 11) is 0. The molecule has 0 aliphatic heterocycles. The first-order valence-electron chi connectivity index (χ1n) is 5.87. The van der Waals surface area contributed by atoms with Gasteiger partial charge in [0, 0.05) is 16.8 Å². The molecule has 0 radical (unpaired) electrons. The van der Waals surface area contributed by atoms with Gasteiger partial charge in [0.1, 0.15) is 0 Å². The number of hydrogen-bond acceptors (Lipinski definition) is 2. The van der Waals surface area contributed by atoms with Crippen LogP contribution in [-0.4, -0.2) is 6.61 Å². The minimum absolute atomic E-state index is 0.667. The van der Waals surface area contributed by atoms with Crippen molar-refractivity contribution in [2.24, 2.45) is 5.92 Å². The zero-order chi connectivity index (χ0) is 11.4. The molecule has 0 amide bonds. The second-order valence-corrected chi connectivity index (χ2v) is 5.47. The monoisotopic (exact) mass is 283 g/mol. The van der Waals surface area contributed by atoms with Crippen molar-refractivity contribution >= 4 is 21.6 Å². The molecule has 0 unspecified atom stereocenters. The summed E-state index contributed by atoms with van der Waals surface area (Å²) in [5, 5.41) is 0. The third-order valence-corrected chi connectivity index (χ3v) is 3.53. The van der Waals surface area contributed by atoms with Crippen LogP contribution in [0.1, 0.15) is 31.2 Å². The van der Waals surface area contributed by atoms with Crippen molar-refractivity contribution in [2.45, 2.75) is 32.3 Å². The number of ether oxygens (including phenoxy) is 1. The van der Waals surface area contributed by atoms with E-state index < -0.39 is 0 Å². The van der Waals surface area contributed by atoms with Gasteiger partial charge in [-0.05, 0) is 42.5 Å². The van der Waals surface area contributed by atoms with Gasteiger partial charge in [0.2, 0.25) is 0 Å². The zero-order valence-electron chi connectivity index (χ0n) is 9.42. The van der Waals surface area contributed by atoms with E-state index in [0.29, 0.717) is 6.61 Å². The lowest BCUT2D eigenvalue weighted by molar-refractivity contribution is 0.0889. The summed E-state index contributed by atoms with van der Waals surface area (Å²) >= 11 is 3.44. The molecular weight excluding hydrogens is 266 g/mol. The highest BCUT2D eigenvalue weighted by Gasteiger charge is 2.14. The van der Waals surface area contributed by atoms with Gasteiger partial charge < -0.3 is 10.5 Å². The van der Waals surface area contributed by atoms with E-state index >= 15 is 0 Å². The summed E-state index contributed by atoms with van der Waals surface area (Å²) in [6.45, 7) is 1.56. The first kappa shape index (κ1) is 11.9. The van der Waals surface area contributed by atoms with Crippen molar-refractivity contribution in [3.8, 4) is 0 Å². The third kappa shape index (κ3) is 3.49. The van der Waals surface area contributed by atoms with Crippen LogP contribution in [0, 0.1) is 5.92 Å². The first-order chi connectivity index (χ1) is 7.74. The lowest BCUT2D eigenvalue weighted by Crippen LogP contribution is -2.05. The van der Waals surface area contributed by atoms with Gasteiger partial charge in [-0.15, -0.1) is 0 Å². The Morgan fingerprint density at radius 2 is 2.00 bits per heavy atom. The topological polar surface area (TPSA) is 35.2 Å². The number of nitrogens with two attached hydrogens (primary N) is 1. The fourth-order valence-corrected chi connectivity index (χ4v) is 2.84. The molecule has 0 aromatic heterocycles. The Hall–Kier alpha value is -0.540. The molecule has 2 nitrogen and oxygen atoms in total. The maximum Gasteiger partial charge on any atom is 0.0718 e. The molecule has 1 aromatic rings. The van der Waals surface area contributed by atoms with Gasteiger partial charge in [-0.3, -0.25) is 0 Å². The average molecular weight is 284 g/mol. The van der Waals surface area contributed by atoms with Crippen LogP contribution in [0.2, 0.25) is 0 Å². The molecule has 88 valence electrons. The Morgan fingerprint density at radius 3 is 2.69 bits per heavy atom. The minimum atomic E-state index is 0.667. The van der Waals surface area contributed by atoms with E-state index in [9.17, 15) is 0 Å². The maximum absolute atomic E-state index is 5.77. The van der Waals surface area contributed by atoms with Gasteiger partial charge in [0.05, 0.1) is 6.61 Å². The van der Waals surface area contributed by atoms with E-state index in [1.54, 1.807) is 0 Å². The van der Waals surface area contributed by atoms with Crippen LogP contribution in [0.4, 0.5) is 5.69 Å². The van der Waals surface area contributed by atoms with Crippen molar-refractivity contribution in [3.63, 3.8) is 0 Å². The van der Waals surface area contributed by atoms with Gasteiger partial charge in [0.25, 0.3) is 0 Å². The molecule has 1 fully saturated rings. The second kappa shape index (κ2) is 5.69. The Morgan fingerprint density at radius 1 is 1.25 bits per heavy atom. The molecular formula is C13H18BrNO. The van der Waals surface area contributed by atoms with Crippen molar-refractivity contribution in [1.29, 1.82) is 0 Å². The summed E-state index contributed by atoms with van der Waals surface area (Å²) in [5.74, 6) is 0.782. The van der Waals surface area contributed by atoms with E-state index in [1.165, 1.54) is 25.7 Å². The van der Waals surface area contributed by atoms with Crippen molar-refractivity contribution in [3.05, 3.63) is 28.2 Å². The first-order valence-corrected chi connectivity index (χ1v) is 6.66. The molecule has 0 saturated heterocycles. The second-order valence-electron chi connectivity index (χ2n) is 4.56. The SMILES string of the molecule is Nc1cc(Br)cc(COCC2CCCC2)c1. The summed E-state index contributed by atoms with van der Waals surface area (Å²) in [5.41, 5.74) is 7.70. The Balaban J connectivity index is 1.80. The molecule has 1 aliphatic rings. The van der Waals surface area contributed by atoms with Crippen LogP contribution in [-0.2, 0) is 11.3 Å². The maximum atomic E-state index is 5.77. The fraction of sp³-hybridized carbons (Fsp3) is 0.538. The fourth-order valence-electron chi connectivity index (χ4n) is 2.28. The van der Waals surface area contributed by atoms with Crippen LogP contribution in [0.5, 0.6) is 0 Å². The Bertz CT molecular complexity index is 328. The largest absolute Gasteiger partial charge is 0.399 e. The lowest BCUT2D eigenvalue weighted by Gasteiger charge is -2.10. The Labute approximate surface area is 105 Å². The zero-order valence-corrected chi connectivity index (χ0v) is 11.0. The van der Waals surface area contributed by atoms with E-state index in [-0.39, 0.29) is 0 Å². The number of benzene rings is 1. The van der Waals surface area contributed by atoms with E-state index in [4.69, 9.17) is 10.5 Å². The molecule has 0 spiro atoms. The highest BCUT2D eigenvalue weighted by molar-refractivity contribution is 9.10. The normalized spacial score (nSPS) is 16.8. The van der Waals surface area contributed by atoms with E-state index in [0.717, 1.165) is 28.2 Å². The number of anilines is 1. The molecule has 16 heavy (non-hydrogen) atoms. The molecule has 1 aliphatic carbocycles. The standard InChI is InChI=1S/C13H18BrNO/c14-12-5-11(6-13(15)7-12)9-16-8-10-3-1-2-4-10/h5-7,10H,1-4,8-9,15H2. The van der Waals surface area contributed by atoms with Crippen molar-refractivity contribution < 1.29 is 4.74 Å². The van der Waals surface area contributed by atoms with Crippen LogP contribution in [0.15, 0.2) is 22.7 Å². The summed E-state index contributed by atoms with van der Waals surface area (Å²) in [6, 6.07) is 5.94. The van der Waals surface area contributed by atoms with Crippen LogP contribution < -0.4 is 5.73 Å². The smallest absolute Gasteiger partial charge is 0.0718 e. The number of hydrogen-bond donors (Lipinski definition) is 1. The minimum Gasteiger partial charge on any atom is -0.399 e. The number of nitrogen functional groups attached to an aromatic ring is 1. The highest BCUT2D eigenvalue weighted by atomic mass is 79.9. The molecule has 1 saturated carbocycles. The molecule has 0 heterocycles. The molecule has 1 aromatic carbocycles. The van der Waals surface area contributed by atoms with Gasteiger partial charge in [-0.1, -0.05) is 28.8 Å². The molecule has 2 rings (SSSR count). The van der Waals surface area contributed by atoms with E-state index in [2.05, 4.69) is 22.0 Å². The predicted molar refractivity (Wildman–Crippen MR) is 70.2 cm³/mol. The van der Waals surface area contributed by atoms with Gasteiger partial charge in [-0.25, -0.2) is 0 Å². The van der Waals surface area contributed by atoms with Crippen molar-refractivity contribution in [2.75, 3.05) is 12.3 Å². The average Bonchev–Trinajstić information content (AvgIpc) is 2.69. The van der Waals surface area contributed by atoms with Gasteiger partial charge in [0.15, 0.2) is 0 Å². The molecule has 0 bridgehead atoms. The summed E-state index contributed by atoms with van der Waals surface area (Å²) in [4.78, 5) is 0. The summed E-state index contributed by atoms with van der Waals surface area (Å²) < 4.78 is 6.76. The predicted octanol–water partition coefficient (Wildman–Crippen LogP) is 3.74. The highest BCUT2D eigenvalue weighted by Crippen LogP contribution is 2.25.